The molecule has 23 heavy (non-hydrogen) atoms. The Labute approximate surface area is 142 Å². The number of hydrogen-bond donors (Lipinski definition) is 2. The number of nitrogens with zero attached hydrogens (tertiary/aromatic N) is 3. The van der Waals surface area contributed by atoms with Crippen LogP contribution in [0.3, 0.4) is 0 Å². The minimum Gasteiger partial charge on any atom is -0.351 e. The van der Waals surface area contributed by atoms with Crippen LogP contribution in [0.1, 0.15) is 36.7 Å². The molecule has 0 saturated carbocycles. The van der Waals surface area contributed by atoms with Gasteiger partial charge in [-0.1, -0.05) is 19.4 Å². The summed E-state index contributed by atoms with van der Waals surface area (Å²) in [4.78, 5) is 16.2. The third-order valence-corrected chi connectivity index (χ3v) is 3.44. The van der Waals surface area contributed by atoms with Gasteiger partial charge in [-0.3, -0.25) is 4.79 Å². The Balaban J connectivity index is 0.00000264. The zero-order chi connectivity index (χ0) is 16.1. The van der Waals surface area contributed by atoms with Crippen molar-refractivity contribution in [2.45, 2.75) is 46.2 Å². The first-order valence-corrected chi connectivity index (χ1v) is 7.53. The quantitative estimate of drug-likeness (QED) is 0.844. The molecular weight excluding hydrogens is 314 g/mol. The van der Waals surface area contributed by atoms with Gasteiger partial charge >= 0.3 is 0 Å². The summed E-state index contributed by atoms with van der Waals surface area (Å²) in [5.41, 5.74) is 8.70. The summed E-state index contributed by atoms with van der Waals surface area (Å²) in [5.74, 6) is 0.646. The molecule has 7 heteroatoms. The van der Waals surface area contributed by atoms with Crippen molar-refractivity contribution in [1.29, 1.82) is 0 Å². The highest BCUT2D eigenvalue weighted by atomic mass is 35.5. The molecule has 2 rings (SSSR count). The molecule has 1 amide bonds. The van der Waals surface area contributed by atoms with Gasteiger partial charge < -0.3 is 11.1 Å². The van der Waals surface area contributed by atoms with Crippen LogP contribution in [0.25, 0.3) is 5.82 Å². The number of nitrogens with two attached hydrogens (primary N) is 1. The number of amides is 1. The molecule has 126 valence electrons. The first-order chi connectivity index (χ1) is 10.5. The third-order valence-electron chi connectivity index (χ3n) is 3.44. The number of nitrogens with one attached hydrogen (secondary N) is 1. The monoisotopic (exact) mass is 337 g/mol. The summed E-state index contributed by atoms with van der Waals surface area (Å²) in [6.07, 6.45) is 3.34. The van der Waals surface area contributed by atoms with E-state index >= 15 is 0 Å². The van der Waals surface area contributed by atoms with Gasteiger partial charge in [0.2, 0.25) is 5.91 Å². The van der Waals surface area contributed by atoms with E-state index in [0.717, 1.165) is 29.2 Å². The first kappa shape index (κ1) is 19.1. The van der Waals surface area contributed by atoms with E-state index < -0.39 is 6.04 Å². The van der Waals surface area contributed by atoms with Gasteiger partial charge in [-0.15, -0.1) is 12.4 Å². The van der Waals surface area contributed by atoms with E-state index in [0.29, 0.717) is 13.0 Å². The Bertz CT molecular complexity index is 638. The molecule has 0 aliphatic rings. The number of aromatic nitrogens is 3. The number of carbonyl (C=O) groups is 1. The van der Waals surface area contributed by atoms with Crippen LogP contribution in [0.5, 0.6) is 0 Å². The van der Waals surface area contributed by atoms with E-state index in [2.05, 4.69) is 15.4 Å². The molecule has 3 N–H and O–H groups in total. The van der Waals surface area contributed by atoms with Crippen LogP contribution in [0, 0.1) is 13.8 Å². The van der Waals surface area contributed by atoms with E-state index in [9.17, 15) is 4.79 Å². The molecule has 6 nitrogen and oxygen atoms in total. The standard InChI is InChI=1S/C16H23N5O.ClH/c1-4-5-14(17)16(22)19-10-13-6-7-15(18-9-13)21-12(3)8-11(2)20-21;/h6-9,14H,4-5,10,17H2,1-3H3,(H,19,22);1H. The van der Waals surface area contributed by atoms with Gasteiger partial charge in [-0.25, -0.2) is 9.67 Å². The van der Waals surface area contributed by atoms with Gasteiger partial charge in [0.15, 0.2) is 5.82 Å². The Kier molecular flexibility index (Phi) is 7.19. The number of rotatable bonds is 6. The number of halogens is 1. The van der Waals surface area contributed by atoms with Crippen molar-refractivity contribution in [3.8, 4) is 5.82 Å². The van der Waals surface area contributed by atoms with Crippen molar-refractivity contribution in [2.24, 2.45) is 5.73 Å². The van der Waals surface area contributed by atoms with Gasteiger partial charge in [0.25, 0.3) is 0 Å². The lowest BCUT2D eigenvalue weighted by Crippen LogP contribution is -2.40. The highest BCUT2D eigenvalue weighted by Crippen LogP contribution is 2.10. The van der Waals surface area contributed by atoms with Crippen molar-refractivity contribution in [2.75, 3.05) is 0 Å². The fourth-order valence-corrected chi connectivity index (χ4v) is 2.27. The molecule has 0 spiro atoms. The van der Waals surface area contributed by atoms with Crippen LogP contribution >= 0.6 is 12.4 Å². The summed E-state index contributed by atoms with van der Waals surface area (Å²) in [7, 11) is 0. The molecule has 2 heterocycles. The van der Waals surface area contributed by atoms with Crippen LogP contribution in [0.2, 0.25) is 0 Å². The molecule has 0 bridgehead atoms. The Morgan fingerprint density at radius 1 is 1.39 bits per heavy atom. The molecule has 0 aliphatic heterocycles. The largest absolute Gasteiger partial charge is 0.351 e. The van der Waals surface area contributed by atoms with Crippen LogP contribution in [0.15, 0.2) is 24.4 Å². The van der Waals surface area contributed by atoms with Crippen molar-refractivity contribution in [3.05, 3.63) is 41.3 Å². The minimum absolute atomic E-state index is 0. The van der Waals surface area contributed by atoms with Crippen molar-refractivity contribution in [1.82, 2.24) is 20.1 Å². The first-order valence-electron chi connectivity index (χ1n) is 7.53. The predicted molar refractivity (Wildman–Crippen MR) is 92.8 cm³/mol. The fraction of sp³-hybridized carbons (Fsp3) is 0.438. The number of hydrogen-bond acceptors (Lipinski definition) is 4. The maximum absolute atomic E-state index is 11.8. The third kappa shape index (κ3) is 5.04. The molecule has 0 saturated heterocycles. The van der Waals surface area contributed by atoms with Gasteiger partial charge in [-0.2, -0.15) is 5.10 Å². The van der Waals surface area contributed by atoms with Crippen LogP contribution in [-0.4, -0.2) is 26.7 Å². The highest BCUT2D eigenvalue weighted by molar-refractivity contribution is 5.85. The minimum atomic E-state index is -0.438. The van der Waals surface area contributed by atoms with Crippen molar-refractivity contribution < 1.29 is 4.79 Å². The molecule has 1 atom stereocenters. The second kappa shape index (κ2) is 8.64. The Hall–Kier alpha value is -1.92. The smallest absolute Gasteiger partial charge is 0.237 e. The highest BCUT2D eigenvalue weighted by Gasteiger charge is 2.11. The number of pyridine rings is 1. The second-order valence-electron chi connectivity index (χ2n) is 5.48. The SMILES string of the molecule is CCCC(N)C(=O)NCc1ccc(-n2nc(C)cc2C)nc1.Cl. The molecule has 0 fully saturated rings. The van der Waals surface area contributed by atoms with Gasteiger partial charge in [0.05, 0.1) is 11.7 Å². The lowest BCUT2D eigenvalue weighted by Gasteiger charge is -2.11. The molecule has 0 aliphatic carbocycles. The van der Waals surface area contributed by atoms with Gasteiger partial charge in [0.1, 0.15) is 0 Å². The van der Waals surface area contributed by atoms with E-state index in [4.69, 9.17) is 5.73 Å². The summed E-state index contributed by atoms with van der Waals surface area (Å²) < 4.78 is 1.80. The number of carbonyl (C=O) groups excluding carboxylic acids is 1. The Morgan fingerprint density at radius 3 is 2.65 bits per heavy atom. The number of aryl methyl sites for hydroxylation is 2. The van der Waals surface area contributed by atoms with E-state index in [-0.39, 0.29) is 18.3 Å². The zero-order valence-electron chi connectivity index (χ0n) is 13.7. The van der Waals surface area contributed by atoms with E-state index in [1.807, 2.05) is 39.0 Å². The lowest BCUT2D eigenvalue weighted by molar-refractivity contribution is -0.122. The summed E-state index contributed by atoms with van der Waals surface area (Å²) in [6, 6.07) is 5.40. The average molecular weight is 338 g/mol. The summed E-state index contributed by atoms with van der Waals surface area (Å²) in [5, 5.41) is 7.23. The van der Waals surface area contributed by atoms with Gasteiger partial charge in [0, 0.05) is 18.4 Å². The van der Waals surface area contributed by atoms with Gasteiger partial charge in [-0.05, 0) is 38.0 Å². The molecule has 1 unspecified atom stereocenters. The molecular formula is C16H24ClN5O. The van der Waals surface area contributed by atoms with Crippen LogP contribution in [-0.2, 0) is 11.3 Å². The molecule has 2 aromatic rings. The van der Waals surface area contributed by atoms with E-state index in [1.54, 1.807) is 10.9 Å². The summed E-state index contributed by atoms with van der Waals surface area (Å²) in [6.45, 7) is 6.38. The Morgan fingerprint density at radius 2 is 2.13 bits per heavy atom. The molecule has 2 aromatic heterocycles. The second-order valence-corrected chi connectivity index (χ2v) is 5.48. The molecule has 0 aromatic carbocycles. The normalized spacial score (nSPS) is 11.7. The van der Waals surface area contributed by atoms with E-state index in [1.165, 1.54) is 0 Å². The average Bonchev–Trinajstić information content (AvgIpc) is 2.84. The van der Waals surface area contributed by atoms with Crippen molar-refractivity contribution >= 4 is 18.3 Å². The van der Waals surface area contributed by atoms with Crippen LogP contribution < -0.4 is 11.1 Å². The zero-order valence-corrected chi connectivity index (χ0v) is 14.6. The predicted octanol–water partition coefficient (Wildman–Crippen LogP) is 2.05. The maximum Gasteiger partial charge on any atom is 0.237 e. The topological polar surface area (TPSA) is 85.8 Å². The van der Waals surface area contributed by atoms with Crippen LogP contribution in [0.4, 0.5) is 0 Å². The maximum atomic E-state index is 11.8. The fourth-order valence-electron chi connectivity index (χ4n) is 2.27. The molecule has 0 radical (unpaired) electrons. The lowest BCUT2D eigenvalue weighted by atomic mass is 10.1. The summed E-state index contributed by atoms with van der Waals surface area (Å²) >= 11 is 0. The van der Waals surface area contributed by atoms with Crippen molar-refractivity contribution in [3.63, 3.8) is 0 Å².